The Balaban J connectivity index is 1.14. The molecule has 0 spiro atoms. The number of fused-ring (bicyclic) bond motifs is 2. The molecule has 0 unspecified atom stereocenters. The van der Waals surface area contributed by atoms with Gasteiger partial charge in [0.05, 0.1) is 0 Å². The molecule has 6 N–H and O–H groups in total. The summed E-state index contributed by atoms with van der Waals surface area (Å²) in [6.45, 7) is -0.0629. The van der Waals surface area contributed by atoms with Crippen molar-refractivity contribution in [2.75, 3.05) is 5.75 Å². The number of para-hydroxylation sites is 2. The molecule has 3 atom stereocenters. The normalized spacial score (nSPS) is 12.7. The number of carbonyl (C=O) groups is 5. The van der Waals surface area contributed by atoms with Crippen LogP contribution in [0.3, 0.4) is 0 Å². The molecule has 2 aromatic heterocycles. The predicted molar refractivity (Wildman–Crippen MR) is 208 cm³/mol. The van der Waals surface area contributed by atoms with E-state index in [2.05, 4.69) is 25.9 Å². The van der Waals surface area contributed by atoms with E-state index >= 15 is 0 Å². The fraction of sp³-hybridized carbons (Fsp3) is 0.195. The molecule has 13 nitrogen and oxygen atoms in total. The Morgan fingerprint density at radius 1 is 0.582 bits per heavy atom. The molecule has 0 aliphatic heterocycles. The lowest BCUT2D eigenvalue weighted by atomic mass is 10.0. The first-order chi connectivity index (χ1) is 26.7. The molecular formula is C41H39N5O8S. The number of hydrogen-bond acceptors (Lipinski definition) is 8. The van der Waals surface area contributed by atoms with Gasteiger partial charge in [-0.25, -0.2) is 14.4 Å². The minimum absolute atomic E-state index is 0.0103. The van der Waals surface area contributed by atoms with Crippen molar-refractivity contribution >= 4 is 62.7 Å². The number of nitrogens with one attached hydrogen (secondary N) is 5. The first kappa shape index (κ1) is 38.2. The van der Waals surface area contributed by atoms with E-state index in [-0.39, 0.29) is 31.8 Å². The van der Waals surface area contributed by atoms with E-state index in [1.807, 2.05) is 72.8 Å². The zero-order chi connectivity index (χ0) is 38.6. The summed E-state index contributed by atoms with van der Waals surface area (Å²) in [6.07, 6.45) is 1.87. The minimum atomic E-state index is -1.53. The van der Waals surface area contributed by atoms with Crippen molar-refractivity contribution in [2.24, 2.45) is 0 Å². The maximum atomic E-state index is 13.8. The fourth-order valence-corrected chi connectivity index (χ4v) is 6.87. The zero-order valence-electron chi connectivity index (χ0n) is 29.5. The van der Waals surface area contributed by atoms with E-state index in [4.69, 9.17) is 9.47 Å². The van der Waals surface area contributed by atoms with Crippen molar-refractivity contribution in [2.45, 2.75) is 44.2 Å². The molecule has 0 bridgehead atoms. The molecule has 55 heavy (non-hydrogen) atoms. The first-order valence-corrected chi connectivity index (χ1v) is 18.5. The van der Waals surface area contributed by atoms with Gasteiger partial charge in [0, 0.05) is 52.8 Å². The van der Waals surface area contributed by atoms with Gasteiger partial charge in [0.15, 0.2) is 0 Å². The Hall–Kier alpha value is -6.54. The van der Waals surface area contributed by atoms with Crippen LogP contribution in [0.4, 0.5) is 9.59 Å². The molecule has 0 aliphatic rings. The second kappa shape index (κ2) is 18.5. The van der Waals surface area contributed by atoms with Gasteiger partial charge >= 0.3 is 18.2 Å². The van der Waals surface area contributed by atoms with Crippen LogP contribution in [0.15, 0.2) is 122 Å². The number of benzene rings is 4. The predicted octanol–water partition coefficient (Wildman–Crippen LogP) is 5.85. The quantitative estimate of drug-likeness (QED) is 0.0702. The average molecular weight is 762 g/mol. The number of rotatable bonds is 16. The van der Waals surface area contributed by atoms with Gasteiger partial charge in [-0.1, -0.05) is 109 Å². The summed E-state index contributed by atoms with van der Waals surface area (Å²) in [5.74, 6) is -2.56. The third-order valence-electron chi connectivity index (χ3n) is 8.82. The van der Waals surface area contributed by atoms with Crippen molar-refractivity contribution in [1.29, 1.82) is 0 Å². The fourth-order valence-electron chi connectivity index (χ4n) is 5.97. The van der Waals surface area contributed by atoms with Crippen molar-refractivity contribution in [3.63, 3.8) is 0 Å². The number of carbonyl (C=O) groups excluding carboxylic acids is 4. The highest BCUT2D eigenvalue weighted by Crippen LogP contribution is 2.22. The topological polar surface area (TPSA) is 192 Å². The molecule has 0 saturated carbocycles. The van der Waals surface area contributed by atoms with Crippen LogP contribution in [0.25, 0.3) is 21.8 Å². The lowest BCUT2D eigenvalue weighted by Gasteiger charge is -2.22. The Morgan fingerprint density at radius 3 is 1.55 bits per heavy atom. The lowest BCUT2D eigenvalue weighted by Crippen LogP contribution is -2.53. The molecule has 6 rings (SSSR count). The number of aliphatic carboxylic acids is 1. The molecule has 2 heterocycles. The van der Waals surface area contributed by atoms with Crippen LogP contribution in [0, 0.1) is 0 Å². The molecule has 0 saturated heterocycles. The second-order valence-corrected chi connectivity index (χ2v) is 13.7. The molecule has 282 valence electrons. The van der Waals surface area contributed by atoms with Crippen molar-refractivity contribution in [3.05, 3.63) is 144 Å². The number of carboxylic acids is 1. The maximum absolute atomic E-state index is 13.8. The Bertz CT molecular complexity index is 2260. The van der Waals surface area contributed by atoms with Crippen molar-refractivity contribution in [3.8, 4) is 0 Å². The number of ether oxygens (including phenoxy) is 2. The van der Waals surface area contributed by atoms with Crippen LogP contribution in [-0.4, -0.2) is 68.1 Å². The SMILES string of the molecule is O=C(N[C@@H](Cc1c[nH]c2ccccc12)C(=O)N[C@@H](CSC(=O)[C@H](Cc1c[nH]c2ccccc12)NC(=O)OCc1ccccc1)C(=O)O)OCc1ccccc1. The highest BCUT2D eigenvalue weighted by atomic mass is 32.2. The van der Waals surface area contributed by atoms with Gasteiger partial charge in [-0.15, -0.1) is 0 Å². The zero-order valence-corrected chi connectivity index (χ0v) is 30.3. The standard InChI is InChI=1S/C41H39N5O8S/c47-37(34(19-28-21-42-32-17-9-7-15-30(28)32)45-40(51)53-23-26-11-3-1-4-12-26)44-36(38(48)49)25-55-39(50)35(20-29-22-43-33-18-10-8-16-31(29)33)46-41(52)54-24-27-13-5-2-6-14-27/h1-18,21-22,34-36,42-43H,19-20,23-25H2,(H,44,47)(H,45,51)(H,46,52)(H,48,49)/t34-,35-,36-/m0/s1. The van der Waals surface area contributed by atoms with E-state index in [0.29, 0.717) is 17.3 Å². The first-order valence-electron chi connectivity index (χ1n) is 17.5. The van der Waals surface area contributed by atoms with Gasteiger partial charge in [0.2, 0.25) is 11.0 Å². The molecular weight excluding hydrogens is 723 g/mol. The van der Waals surface area contributed by atoms with E-state index < -0.39 is 47.3 Å². The van der Waals surface area contributed by atoms with E-state index in [0.717, 1.165) is 38.5 Å². The van der Waals surface area contributed by atoms with Crippen LogP contribution in [-0.2, 0) is 49.9 Å². The van der Waals surface area contributed by atoms with E-state index in [1.54, 1.807) is 48.8 Å². The summed E-state index contributed by atoms with van der Waals surface area (Å²) in [5.41, 5.74) is 4.63. The molecule has 4 aromatic carbocycles. The van der Waals surface area contributed by atoms with Gasteiger partial charge < -0.3 is 40.5 Å². The molecule has 3 amide bonds. The van der Waals surface area contributed by atoms with E-state index in [1.165, 1.54) is 0 Å². The van der Waals surface area contributed by atoms with Crippen LogP contribution in [0.1, 0.15) is 22.3 Å². The summed E-state index contributed by atoms with van der Waals surface area (Å²) in [5, 5.41) is 19.0. The summed E-state index contributed by atoms with van der Waals surface area (Å²) < 4.78 is 10.8. The maximum Gasteiger partial charge on any atom is 0.408 e. The Labute approximate surface area is 320 Å². The van der Waals surface area contributed by atoms with Gasteiger partial charge in [0.1, 0.15) is 31.3 Å². The number of thioether (sulfide) groups is 1. The number of H-pyrrole nitrogens is 2. The lowest BCUT2D eigenvalue weighted by molar-refractivity contribution is -0.141. The van der Waals surface area contributed by atoms with Crippen LogP contribution in [0.2, 0.25) is 0 Å². The summed E-state index contributed by atoms with van der Waals surface area (Å²) in [6, 6.07) is 29.1. The van der Waals surface area contributed by atoms with Crippen LogP contribution >= 0.6 is 11.8 Å². The largest absolute Gasteiger partial charge is 0.480 e. The van der Waals surface area contributed by atoms with Crippen LogP contribution < -0.4 is 16.0 Å². The van der Waals surface area contributed by atoms with Crippen molar-refractivity contribution < 1.29 is 38.6 Å². The number of amides is 3. The smallest absolute Gasteiger partial charge is 0.408 e. The van der Waals surface area contributed by atoms with Crippen LogP contribution in [0.5, 0.6) is 0 Å². The summed E-state index contributed by atoms with van der Waals surface area (Å²) in [4.78, 5) is 72.1. The monoisotopic (exact) mass is 761 g/mol. The molecule has 6 aromatic rings. The third kappa shape index (κ3) is 10.5. The number of alkyl carbamates (subject to hydrolysis) is 2. The molecule has 0 fully saturated rings. The highest BCUT2D eigenvalue weighted by Gasteiger charge is 2.31. The van der Waals surface area contributed by atoms with Crippen molar-refractivity contribution in [1.82, 2.24) is 25.9 Å². The van der Waals surface area contributed by atoms with Gasteiger partial charge in [-0.3, -0.25) is 9.59 Å². The minimum Gasteiger partial charge on any atom is -0.480 e. The van der Waals surface area contributed by atoms with Gasteiger partial charge in [-0.05, 0) is 34.4 Å². The van der Waals surface area contributed by atoms with E-state index in [9.17, 15) is 29.1 Å². The number of hydrogen-bond donors (Lipinski definition) is 6. The van der Waals surface area contributed by atoms with Gasteiger partial charge in [0.25, 0.3) is 0 Å². The number of carboxylic acid groups (broad SMARTS) is 1. The molecule has 14 heteroatoms. The Kier molecular flexibility index (Phi) is 12.8. The number of aromatic amines is 2. The summed E-state index contributed by atoms with van der Waals surface area (Å²) >= 11 is 0.653. The molecule has 0 aliphatic carbocycles. The number of aromatic nitrogens is 2. The summed E-state index contributed by atoms with van der Waals surface area (Å²) in [7, 11) is 0. The average Bonchev–Trinajstić information content (AvgIpc) is 3.81. The second-order valence-electron chi connectivity index (χ2n) is 12.7. The highest BCUT2D eigenvalue weighted by molar-refractivity contribution is 8.13. The Morgan fingerprint density at radius 2 is 1.04 bits per heavy atom. The third-order valence-corrected chi connectivity index (χ3v) is 9.88. The molecule has 0 radical (unpaired) electrons. The van der Waals surface area contributed by atoms with Gasteiger partial charge in [-0.2, -0.15) is 0 Å².